The average Bonchev–Trinajstić information content (AvgIpc) is 3.10. The van der Waals surface area contributed by atoms with Crippen LogP contribution in [0.1, 0.15) is 38.1 Å². The van der Waals surface area contributed by atoms with Crippen molar-refractivity contribution < 1.29 is 4.79 Å². The molecule has 0 saturated carbocycles. The molecule has 0 bridgehead atoms. The first kappa shape index (κ1) is 16.8. The molecule has 21 heavy (non-hydrogen) atoms. The van der Waals surface area contributed by atoms with Gasteiger partial charge in [0.05, 0.1) is 16.7 Å². The largest absolute Gasteiger partial charge is 0.342 e. The Labute approximate surface area is 140 Å². The van der Waals surface area contributed by atoms with Gasteiger partial charge >= 0.3 is 0 Å². The van der Waals surface area contributed by atoms with Crippen LogP contribution >= 0.6 is 28.3 Å². The summed E-state index contributed by atoms with van der Waals surface area (Å²) in [6, 6.07) is 0.831. The van der Waals surface area contributed by atoms with Crippen molar-refractivity contribution in [2.45, 2.75) is 44.2 Å². The molecule has 2 fully saturated rings. The quantitative estimate of drug-likeness (QED) is 0.880. The van der Waals surface area contributed by atoms with Gasteiger partial charge in [-0.3, -0.25) is 9.48 Å². The minimum atomic E-state index is 0. The summed E-state index contributed by atoms with van der Waals surface area (Å²) >= 11 is 3.43. The molecule has 3 heterocycles. The molecule has 0 aliphatic carbocycles. The lowest BCUT2D eigenvalue weighted by molar-refractivity contribution is -0.133. The minimum Gasteiger partial charge on any atom is -0.342 e. The van der Waals surface area contributed by atoms with Gasteiger partial charge in [-0.05, 0) is 48.2 Å². The van der Waals surface area contributed by atoms with E-state index in [1.807, 2.05) is 22.0 Å². The number of rotatable bonds is 3. The minimum absolute atomic E-state index is 0. The van der Waals surface area contributed by atoms with Gasteiger partial charge in [-0.15, -0.1) is 12.4 Å². The molecule has 1 aromatic heterocycles. The monoisotopic (exact) mass is 376 g/mol. The van der Waals surface area contributed by atoms with Gasteiger partial charge < -0.3 is 10.2 Å². The van der Waals surface area contributed by atoms with Crippen LogP contribution in [-0.2, 0) is 4.79 Å². The van der Waals surface area contributed by atoms with Crippen molar-refractivity contribution in [3.8, 4) is 0 Å². The van der Waals surface area contributed by atoms with Crippen LogP contribution in [0.15, 0.2) is 16.9 Å². The predicted octanol–water partition coefficient (Wildman–Crippen LogP) is 2.37. The van der Waals surface area contributed by atoms with Gasteiger partial charge in [0, 0.05) is 31.7 Å². The number of piperidine rings is 1. The van der Waals surface area contributed by atoms with Crippen LogP contribution in [0.5, 0.6) is 0 Å². The van der Waals surface area contributed by atoms with Crippen molar-refractivity contribution >= 4 is 34.2 Å². The van der Waals surface area contributed by atoms with Gasteiger partial charge in [0.15, 0.2) is 0 Å². The third-order valence-electron chi connectivity index (χ3n) is 4.34. The van der Waals surface area contributed by atoms with Gasteiger partial charge in [-0.25, -0.2) is 0 Å². The second kappa shape index (κ2) is 7.61. The third kappa shape index (κ3) is 4.20. The number of nitrogens with one attached hydrogen (secondary N) is 1. The van der Waals surface area contributed by atoms with Gasteiger partial charge in [0.1, 0.15) is 0 Å². The summed E-state index contributed by atoms with van der Waals surface area (Å²) in [6.07, 6.45) is 8.85. The van der Waals surface area contributed by atoms with Crippen LogP contribution in [0.2, 0.25) is 0 Å². The van der Waals surface area contributed by atoms with E-state index < -0.39 is 0 Å². The molecule has 1 unspecified atom stereocenters. The maximum Gasteiger partial charge on any atom is 0.224 e. The van der Waals surface area contributed by atoms with E-state index in [-0.39, 0.29) is 12.4 Å². The number of hydrogen-bond acceptors (Lipinski definition) is 3. The first-order valence-electron chi connectivity index (χ1n) is 7.43. The van der Waals surface area contributed by atoms with Gasteiger partial charge in [0.2, 0.25) is 5.91 Å². The molecule has 0 spiro atoms. The standard InChI is InChI=1S/C14H21BrN4O.ClH/c15-11-9-17-19(10-11)13-3-6-18(7-4-13)14(20)8-12-2-1-5-16-12;/h9-10,12-13,16H,1-8H2;1H. The Morgan fingerprint density at radius 2 is 2.14 bits per heavy atom. The van der Waals surface area contributed by atoms with E-state index >= 15 is 0 Å². The van der Waals surface area contributed by atoms with E-state index in [9.17, 15) is 4.79 Å². The van der Waals surface area contributed by atoms with Crippen LogP contribution in [0, 0.1) is 0 Å². The zero-order valence-corrected chi connectivity index (χ0v) is 14.4. The zero-order valence-electron chi connectivity index (χ0n) is 12.0. The number of likely N-dealkylation sites (tertiary alicyclic amines) is 1. The fraction of sp³-hybridized carbons (Fsp3) is 0.714. The molecule has 7 heteroatoms. The second-order valence-electron chi connectivity index (χ2n) is 5.75. The Morgan fingerprint density at radius 3 is 2.71 bits per heavy atom. The highest BCUT2D eigenvalue weighted by atomic mass is 79.9. The van der Waals surface area contributed by atoms with E-state index in [2.05, 4.69) is 26.3 Å². The Kier molecular flexibility index (Phi) is 6.08. The molecule has 1 aromatic rings. The van der Waals surface area contributed by atoms with E-state index in [0.29, 0.717) is 24.4 Å². The predicted molar refractivity (Wildman–Crippen MR) is 87.7 cm³/mol. The zero-order chi connectivity index (χ0) is 13.9. The third-order valence-corrected chi connectivity index (χ3v) is 4.75. The molecule has 0 radical (unpaired) electrons. The smallest absolute Gasteiger partial charge is 0.224 e. The highest BCUT2D eigenvalue weighted by Gasteiger charge is 2.26. The fourth-order valence-corrected chi connectivity index (χ4v) is 3.47. The molecule has 1 N–H and O–H groups in total. The number of carbonyl (C=O) groups excluding carboxylic acids is 1. The topological polar surface area (TPSA) is 50.2 Å². The Bertz CT molecular complexity index is 467. The van der Waals surface area contributed by atoms with Crippen LogP contribution in [0.25, 0.3) is 0 Å². The van der Waals surface area contributed by atoms with Crippen LogP contribution in [0.4, 0.5) is 0 Å². The van der Waals surface area contributed by atoms with E-state index in [1.165, 1.54) is 6.42 Å². The van der Waals surface area contributed by atoms with Crippen LogP contribution < -0.4 is 5.32 Å². The number of halogens is 2. The summed E-state index contributed by atoms with van der Waals surface area (Å²) in [7, 11) is 0. The summed E-state index contributed by atoms with van der Waals surface area (Å²) < 4.78 is 3.04. The van der Waals surface area contributed by atoms with Crippen molar-refractivity contribution in [2.75, 3.05) is 19.6 Å². The lowest BCUT2D eigenvalue weighted by Crippen LogP contribution is -2.41. The van der Waals surface area contributed by atoms with E-state index in [0.717, 1.165) is 43.4 Å². The molecular formula is C14H22BrClN4O. The lowest BCUT2D eigenvalue weighted by atomic mass is 10.0. The highest BCUT2D eigenvalue weighted by molar-refractivity contribution is 9.10. The van der Waals surface area contributed by atoms with E-state index in [4.69, 9.17) is 0 Å². The summed E-state index contributed by atoms with van der Waals surface area (Å²) in [6.45, 7) is 2.77. The van der Waals surface area contributed by atoms with Gasteiger partial charge in [-0.2, -0.15) is 5.10 Å². The fourth-order valence-electron chi connectivity index (χ4n) is 3.17. The normalized spacial score (nSPS) is 23.1. The Morgan fingerprint density at radius 1 is 1.38 bits per heavy atom. The number of amides is 1. The van der Waals surface area contributed by atoms with E-state index in [1.54, 1.807) is 0 Å². The summed E-state index contributed by atoms with van der Waals surface area (Å²) in [5, 5.41) is 7.75. The molecule has 2 aliphatic rings. The summed E-state index contributed by atoms with van der Waals surface area (Å²) in [5.41, 5.74) is 0. The number of hydrogen-bond donors (Lipinski definition) is 1. The summed E-state index contributed by atoms with van der Waals surface area (Å²) in [4.78, 5) is 14.3. The number of nitrogens with zero attached hydrogens (tertiary/aromatic N) is 3. The summed E-state index contributed by atoms with van der Waals surface area (Å²) in [5.74, 6) is 0.310. The van der Waals surface area contributed by atoms with Crippen molar-refractivity contribution in [2.24, 2.45) is 0 Å². The Hall–Kier alpha value is -0.590. The molecule has 3 rings (SSSR count). The lowest BCUT2D eigenvalue weighted by Gasteiger charge is -2.32. The SMILES string of the molecule is Cl.O=C(CC1CCCN1)N1CCC(n2cc(Br)cn2)CC1. The molecule has 5 nitrogen and oxygen atoms in total. The molecule has 2 aliphatic heterocycles. The first-order chi connectivity index (χ1) is 9.72. The van der Waals surface area contributed by atoms with Crippen molar-refractivity contribution in [3.63, 3.8) is 0 Å². The van der Waals surface area contributed by atoms with Gasteiger partial charge in [-0.1, -0.05) is 0 Å². The van der Waals surface area contributed by atoms with Crippen LogP contribution in [-0.4, -0.2) is 46.3 Å². The van der Waals surface area contributed by atoms with Crippen molar-refractivity contribution in [1.82, 2.24) is 20.0 Å². The number of aromatic nitrogens is 2. The molecule has 1 atom stereocenters. The maximum absolute atomic E-state index is 12.3. The van der Waals surface area contributed by atoms with Gasteiger partial charge in [0.25, 0.3) is 0 Å². The molecule has 1 amide bonds. The molecular weight excluding hydrogens is 356 g/mol. The first-order valence-corrected chi connectivity index (χ1v) is 8.22. The van der Waals surface area contributed by atoms with Crippen molar-refractivity contribution in [1.29, 1.82) is 0 Å². The highest BCUT2D eigenvalue weighted by Crippen LogP contribution is 2.24. The van der Waals surface area contributed by atoms with Crippen LogP contribution in [0.3, 0.4) is 0 Å². The molecule has 2 saturated heterocycles. The Balaban J connectivity index is 0.00000161. The average molecular weight is 378 g/mol. The maximum atomic E-state index is 12.3. The molecule has 118 valence electrons. The number of carbonyl (C=O) groups is 1. The van der Waals surface area contributed by atoms with Crippen molar-refractivity contribution in [3.05, 3.63) is 16.9 Å². The molecule has 0 aromatic carbocycles. The second-order valence-corrected chi connectivity index (χ2v) is 6.66.